The minimum absolute atomic E-state index is 0. The number of rotatable bonds is 2. The number of benzene rings is 1. The van der Waals surface area contributed by atoms with E-state index in [0.29, 0.717) is 12.3 Å². The predicted octanol–water partition coefficient (Wildman–Crippen LogP) is -0.925. The van der Waals surface area contributed by atoms with Crippen LogP contribution in [0.5, 0.6) is 0 Å². The van der Waals surface area contributed by atoms with Crippen LogP contribution in [-0.4, -0.2) is 52.8 Å². The average molecular weight is 375 g/mol. The highest BCUT2D eigenvalue weighted by Crippen LogP contribution is 2.51. The van der Waals surface area contributed by atoms with Crippen LogP contribution in [0.1, 0.15) is 37.7 Å². The highest BCUT2D eigenvalue weighted by atomic mass is 35.5. The molecule has 1 aromatic carbocycles. The van der Waals surface area contributed by atoms with E-state index in [0.717, 1.165) is 25.1 Å². The van der Waals surface area contributed by atoms with E-state index in [1.54, 1.807) is 0 Å². The molecule has 0 saturated carbocycles. The Morgan fingerprint density at radius 2 is 2.12 bits per heavy atom. The van der Waals surface area contributed by atoms with Crippen molar-refractivity contribution in [3.8, 4) is 0 Å². The smallest absolute Gasteiger partial charge is 0.375 e. The molecule has 0 radical (unpaired) electrons. The Bertz CT molecular complexity index is 821. The second-order valence-corrected chi connectivity index (χ2v) is 7.71. The molecule has 5 atom stereocenters. The summed E-state index contributed by atoms with van der Waals surface area (Å²) < 4.78 is 7.47. The first-order valence-corrected chi connectivity index (χ1v) is 9.27. The standard InChI is InChI=1S/C20H23N2O3.ClH/c1-3-11-10-21-16-8-13(11)19(20(24)25-2)22-15-7-5-4-6-12(15)14(18(16)22)9-17(21)23;/h4-7,11,13-14,16,19H,3,8-10H2,1-2H3;1H/q+1;/p-1/t11-,13+,14-,16+,19-;/m1./s1. The molecule has 0 aliphatic carbocycles. The van der Waals surface area contributed by atoms with Crippen molar-refractivity contribution in [1.29, 1.82) is 0 Å². The van der Waals surface area contributed by atoms with Crippen LogP contribution in [0.25, 0.3) is 0 Å². The molecule has 4 heterocycles. The molecule has 2 bridgehead atoms. The quantitative estimate of drug-likeness (QED) is 0.497. The molecule has 4 aliphatic heterocycles. The van der Waals surface area contributed by atoms with E-state index < -0.39 is 0 Å². The van der Waals surface area contributed by atoms with Gasteiger partial charge in [-0.25, -0.2) is 4.79 Å². The number of halogens is 1. The molecular formula is C20H23ClN2O3. The number of nitrogens with zero attached hydrogens (tertiary/aromatic N) is 2. The van der Waals surface area contributed by atoms with E-state index >= 15 is 0 Å². The number of piperidine rings is 2. The Labute approximate surface area is 159 Å². The van der Waals surface area contributed by atoms with Crippen LogP contribution in [0.3, 0.4) is 0 Å². The summed E-state index contributed by atoms with van der Waals surface area (Å²) in [6.07, 6.45) is 2.39. The second-order valence-electron chi connectivity index (χ2n) is 7.71. The fourth-order valence-electron chi connectivity index (χ4n) is 5.74. The maximum Gasteiger partial charge on any atom is 0.375 e. The third kappa shape index (κ3) is 2.07. The average Bonchev–Trinajstić information content (AvgIpc) is 2.96. The lowest BCUT2D eigenvalue weighted by molar-refractivity contribution is -0.495. The van der Waals surface area contributed by atoms with Gasteiger partial charge in [-0.2, -0.15) is 4.58 Å². The summed E-state index contributed by atoms with van der Waals surface area (Å²) in [6, 6.07) is 8.14. The number of hydrogen-bond donors (Lipinski definition) is 0. The molecule has 6 heteroatoms. The zero-order valence-corrected chi connectivity index (χ0v) is 15.8. The molecule has 0 spiro atoms. The lowest BCUT2D eigenvalue weighted by atomic mass is 9.69. The molecule has 26 heavy (non-hydrogen) atoms. The van der Waals surface area contributed by atoms with E-state index in [4.69, 9.17) is 4.74 Å². The second kappa shape index (κ2) is 6.08. The summed E-state index contributed by atoms with van der Waals surface area (Å²) in [5, 5.41) is 0. The fourth-order valence-corrected chi connectivity index (χ4v) is 5.74. The molecule has 5 rings (SSSR count). The van der Waals surface area contributed by atoms with Gasteiger partial charge in [-0.05, 0) is 12.3 Å². The number of esters is 1. The Morgan fingerprint density at radius 3 is 2.85 bits per heavy atom. The molecule has 0 unspecified atom stereocenters. The summed E-state index contributed by atoms with van der Waals surface area (Å²) in [7, 11) is 1.49. The monoisotopic (exact) mass is 374 g/mol. The third-order valence-corrected chi connectivity index (χ3v) is 6.81. The number of carbonyl (C=O) groups is 2. The Hall–Kier alpha value is -1.88. The predicted molar refractivity (Wildman–Crippen MR) is 91.9 cm³/mol. The number of ether oxygens (including phenoxy) is 1. The fraction of sp³-hybridized carbons (Fsp3) is 0.550. The van der Waals surface area contributed by atoms with Crippen molar-refractivity contribution in [3.63, 3.8) is 0 Å². The highest BCUT2D eigenvalue weighted by molar-refractivity contribution is 6.05. The van der Waals surface area contributed by atoms with E-state index in [9.17, 15) is 9.59 Å². The van der Waals surface area contributed by atoms with Crippen molar-refractivity contribution in [2.45, 2.75) is 44.2 Å². The highest BCUT2D eigenvalue weighted by Gasteiger charge is 2.63. The van der Waals surface area contributed by atoms with Crippen LogP contribution in [-0.2, 0) is 14.3 Å². The van der Waals surface area contributed by atoms with Gasteiger partial charge in [0.2, 0.25) is 11.6 Å². The first-order valence-electron chi connectivity index (χ1n) is 9.27. The number of amides is 1. The van der Waals surface area contributed by atoms with Crippen LogP contribution < -0.4 is 12.4 Å². The molecule has 4 aliphatic rings. The van der Waals surface area contributed by atoms with Gasteiger partial charge in [-0.15, -0.1) is 0 Å². The van der Waals surface area contributed by atoms with Crippen molar-refractivity contribution >= 4 is 23.3 Å². The number of fused-ring (bicyclic) bond motifs is 4. The molecule has 2 saturated heterocycles. The van der Waals surface area contributed by atoms with E-state index in [1.165, 1.54) is 18.4 Å². The van der Waals surface area contributed by atoms with Gasteiger partial charge in [0.15, 0.2) is 5.71 Å². The SMILES string of the molecule is CC[C@@H]1CN2C(=O)C[C@H]3C4=[N+](c5ccccc53)[C@@H](C(=O)OC)[C@H]1C[C@@H]42.[Cl-]. The van der Waals surface area contributed by atoms with Crippen LogP contribution in [0, 0.1) is 11.8 Å². The van der Waals surface area contributed by atoms with Crippen LogP contribution in [0.15, 0.2) is 24.3 Å². The van der Waals surface area contributed by atoms with Crippen LogP contribution >= 0.6 is 0 Å². The van der Waals surface area contributed by atoms with Gasteiger partial charge in [0.05, 0.1) is 13.0 Å². The number of para-hydroxylation sites is 1. The number of carbonyl (C=O) groups excluding carboxylic acids is 2. The third-order valence-electron chi connectivity index (χ3n) is 6.81. The maximum absolute atomic E-state index is 12.8. The van der Waals surface area contributed by atoms with E-state index in [2.05, 4.69) is 28.5 Å². The summed E-state index contributed by atoms with van der Waals surface area (Å²) in [4.78, 5) is 27.7. The Kier molecular flexibility index (Phi) is 4.10. The molecule has 2 fully saturated rings. The van der Waals surface area contributed by atoms with Gasteiger partial charge in [-0.3, -0.25) is 4.79 Å². The van der Waals surface area contributed by atoms with Gasteiger partial charge in [0, 0.05) is 30.5 Å². The van der Waals surface area contributed by atoms with Crippen molar-refractivity contribution in [3.05, 3.63) is 29.8 Å². The summed E-state index contributed by atoms with van der Waals surface area (Å²) in [5.41, 5.74) is 3.54. The largest absolute Gasteiger partial charge is 1.00 e. The van der Waals surface area contributed by atoms with Crippen LogP contribution in [0.2, 0.25) is 0 Å². The minimum Gasteiger partial charge on any atom is -1.00 e. The molecule has 5 nitrogen and oxygen atoms in total. The van der Waals surface area contributed by atoms with E-state index in [1.807, 2.05) is 12.1 Å². The van der Waals surface area contributed by atoms with Crippen molar-refractivity contribution in [1.82, 2.24) is 4.90 Å². The molecule has 138 valence electrons. The number of hydrogen-bond acceptors (Lipinski definition) is 3. The molecule has 1 aromatic rings. The van der Waals surface area contributed by atoms with E-state index in [-0.39, 0.29) is 48.2 Å². The minimum atomic E-state index is -0.261. The summed E-state index contributed by atoms with van der Waals surface area (Å²) in [6.45, 7) is 2.94. The molecular weight excluding hydrogens is 352 g/mol. The van der Waals surface area contributed by atoms with Crippen molar-refractivity contribution in [2.75, 3.05) is 13.7 Å². The lowest BCUT2D eigenvalue weighted by Crippen LogP contribution is -3.00. The zero-order chi connectivity index (χ0) is 17.3. The number of methoxy groups -OCH3 is 1. The van der Waals surface area contributed by atoms with Crippen molar-refractivity contribution in [2.24, 2.45) is 11.8 Å². The Balaban J connectivity index is 0.00000168. The van der Waals surface area contributed by atoms with Gasteiger partial charge in [-0.1, -0.05) is 31.5 Å². The summed E-state index contributed by atoms with van der Waals surface area (Å²) in [5.74, 6) is 0.825. The first-order chi connectivity index (χ1) is 12.2. The van der Waals surface area contributed by atoms with Gasteiger partial charge < -0.3 is 22.0 Å². The van der Waals surface area contributed by atoms with Crippen molar-refractivity contribution < 1.29 is 31.3 Å². The molecule has 0 N–H and O–H groups in total. The molecule has 0 aromatic heterocycles. The maximum atomic E-state index is 12.8. The van der Waals surface area contributed by atoms with Crippen LogP contribution in [0.4, 0.5) is 5.69 Å². The summed E-state index contributed by atoms with van der Waals surface area (Å²) >= 11 is 0. The van der Waals surface area contributed by atoms with Gasteiger partial charge in [0.1, 0.15) is 6.04 Å². The van der Waals surface area contributed by atoms with Gasteiger partial charge >= 0.3 is 5.97 Å². The first kappa shape index (κ1) is 17.5. The Morgan fingerprint density at radius 1 is 1.35 bits per heavy atom. The lowest BCUT2D eigenvalue weighted by Gasteiger charge is -2.49. The topological polar surface area (TPSA) is 49.6 Å². The molecule has 1 amide bonds. The van der Waals surface area contributed by atoms with Gasteiger partial charge in [0.25, 0.3) is 6.04 Å². The zero-order valence-electron chi connectivity index (χ0n) is 15.0. The normalized spacial score (nSPS) is 33.5.